The Balaban J connectivity index is 1.48. The molecule has 31 heteroatoms. The number of carbonyl (C=O) groups excluding carboxylic acids is 2. The van der Waals surface area contributed by atoms with E-state index in [1.54, 1.807) is 0 Å². The Bertz CT molecular complexity index is 1650. The predicted octanol–water partition coefficient (Wildman–Crippen LogP) is -12.4. The summed E-state index contributed by atoms with van der Waals surface area (Å²) < 4.78 is 50.7. The smallest absolute Gasteiger partial charge is 0.364 e. The molecule has 0 saturated carbocycles. The second kappa shape index (κ2) is 23.8. The van der Waals surface area contributed by atoms with E-state index in [2.05, 4.69) is 10.6 Å². The summed E-state index contributed by atoms with van der Waals surface area (Å²) in [6.45, 7) is -3.25. The molecule has 26 atom stereocenters. The van der Waals surface area contributed by atoms with Crippen LogP contribution in [0.4, 0.5) is 0 Å². The van der Waals surface area contributed by atoms with Crippen molar-refractivity contribution in [3.63, 3.8) is 0 Å². The highest BCUT2D eigenvalue weighted by molar-refractivity contribution is 5.76. The van der Waals surface area contributed by atoms with Crippen LogP contribution in [0.1, 0.15) is 20.3 Å². The van der Waals surface area contributed by atoms with E-state index >= 15 is 0 Å². The van der Waals surface area contributed by atoms with Gasteiger partial charge in [0.05, 0.1) is 45.2 Å². The van der Waals surface area contributed by atoms with Crippen LogP contribution in [0.3, 0.4) is 0 Å². The largest absolute Gasteiger partial charge is 0.477 e. The molecule has 0 spiro atoms. The number of carboxylic acid groups (broad SMARTS) is 1. The van der Waals surface area contributed by atoms with Gasteiger partial charge in [0, 0.05) is 20.3 Å². The summed E-state index contributed by atoms with van der Waals surface area (Å²) >= 11 is 0. The Morgan fingerprint density at radius 1 is 0.588 bits per heavy atom. The number of carboxylic acids is 1. The minimum atomic E-state index is -3.05. The van der Waals surface area contributed by atoms with Gasteiger partial charge < -0.3 is 140 Å². The normalized spacial score (nSPS) is 46.6. The fourth-order valence-electron chi connectivity index (χ4n) is 8.43. The van der Waals surface area contributed by atoms with Gasteiger partial charge in [0.1, 0.15) is 116 Å². The van der Waals surface area contributed by atoms with Crippen molar-refractivity contribution >= 4 is 17.8 Å². The summed E-state index contributed by atoms with van der Waals surface area (Å²) in [5.74, 6) is -6.73. The van der Waals surface area contributed by atoms with Gasteiger partial charge >= 0.3 is 5.97 Å². The minimum Gasteiger partial charge on any atom is -0.477 e. The van der Waals surface area contributed by atoms with Gasteiger partial charge in [-0.2, -0.15) is 0 Å². The van der Waals surface area contributed by atoms with Crippen molar-refractivity contribution in [1.82, 2.24) is 10.6 Å². The van der Waals surface area contributed by atoms with Gasteiger partial charge in [0.15, 0.2) is 25.2 Å². The zero-order valence-electron chi connectivity index (χ0n) is 36.2. The van der Waals surface area contributed by atoms with Crippen molar-refractivity contribution < 1.29 is 144 Å². The molecule has 19 N–H and O–H groups in total. The number of aliphatic hydroxyl groups excluding tert-OH is 16. The molecule has 0 radical (unpaired) electrons. The average Bonchev–Trinajstić information content (AvgIpc) is 3.29. The Morgan fingerprint density at radius 2 is 1.10 bits per heavy atom. The zero-order valence-corrected chi connectivity index (χ0v) is 36.2. The average molecular weight is 999 g/mol. The van der Waals surface area contributed by atoms with Crippen molar-refractivity contribution in [2.45, 2.75) is 179 Å². The molecule has 0 aromatic heterocycles. The van der Waals surface area contributed by atoms with E-state index in [1.165, 1.54) is 0 Å². The number of ether oxygens (including phenoxy) is 9. The third kappa shape index (κ3) is 12.0. The Labute approximate surface area is 384 Å². The molecule has 68 heavy (non-hydrogen) atoms. The molecule has 31 nitrogen and oxygen atoms in total. The fourth-order valence-corrected chi connectivity index (χ4v) is 8.43. The topological polar surface area (TPSA) is 502 Å². The molecular weight excluding hydrogens is 936 g/mol. The maximum Gasteiger partial charge on any atom is 0.364 e. The lowest BCUT2D eigenvalue weighted by Crippen LogP contribution is -2.70. The predicted molar refractivity (Wildman–Crippen MR) is 207 cm³/mol. The zero-order chi connectivity index (χ0) is 50.7. The number of hydrogen-bond donors (Lipinski definition) is 19. The van der Waals surface area contributed by atoms with Crippen LogP contribution in [0, 0.1) is 0 Å². The van der Waals surface area contributed by atoms with E-state index in [0.29, 0.717) is 0 Å². The quantitative estimate of drug-likeness (QED) is 0.0606. The van der Waals surface area contributed by atoms with Gasteiger partial charge in [0.2, 0.25) is 11.8 Å². The third-order valence-corrected chi connectivity index (χ3v) is 12.1. The van der Waals surface area contributed by atoms with E-state index in [0.717, 1.165) is 13.8 Å². The first-order chi connectivity index (χ1) is 31.9. The highest BCUT2D eigenvalue weighted by Gasteiger charge is 2.59. The van der Waals surface area contributed by atoms with Crippen LogP contribution in [0.5, 0.6) is 0 Å². The molecule has 2 amide bonds. The first-order valence-corrected chi connectivity index (χ1v) is 21.2. The summed E-state index contributed by atoms with van der Waals surface area (Å²) in [6, 6.07) is -3.45. The van der Waals surface area contributed by atoms with Gasteiger partial charge in [-0.1, -0.05) is 0 Å². The van der Waals surface area contributed by atoms with Crippen molar-refractivity contribution in [2.24, 2.45) is 0 Å². The van der Waals surface area contributed by atoms with E-state index < -0.39 is 216 Å². The standard InChI is InChI=1S/C37H62N2O29/c1-9(44)38-17-11(46)3-37(36(58)59,68-30(17)19(48)12(47)4-40)60-8-16-21(50)31(27(56)35(64-16)66-29-14(6-42)61-32(57)25(54)24(29)53)67-33-18(39-10(2)45)22(51)28(15(7-43)63-33)65-34-26(55)23(52)20(49)13(5-41)62-34/h11-35,40-43,46-57H,3-8H2,1-2H3,(H,38,44)(H,39,45)(H,58,59)/t11-,12+,13+,14+,15+,16+,17+,18+,19+,20-,21-,22+,23-,24+,25+,26+,27+,28+,29+,30+,31-,32?,33-,34-,35-,37+/m0/s1. The summed E-state index contributed by atoms with van der Waals surface area (Å²) in [5.41, 5.74) is 0. The number of carbonyl (C=O) groups is 3. The van der Waals surface area contributed by atoms with E-state index in [1.807, 2.05) is 0 Å². The van der Waals surface area contributed by atoms with E-state index in [4.69, 9.17) is 42.6 Å². The molecule has 0 aromatic rings. The van der Waals surface area contributed by atoms with Crippen molar-refractivity contribution in [3.8, 4) is 0 Å². The summed E-state index contributed by atoms with van der Waals surface area (Å²) in [6.07, 6.45) is -46.9. The third-order valence-electron chi connectivity index (χ3n) is 12.1. The van der Waals surface area contributed by atoms with Gasteiger partial charge in [-0.25, -0.2) is 4.79 Å². The molecule has 0 aliphatic carbocycles. The molecule has 1 unspecified atom stereocenters. The Morgan fingerprint density at radius 3 is 1.66 bits per heavy atom. The van der Waals surface area contributed by atoms with Gasteiger partial charge in [0.25, 0.3) is 5.79 Å². The highest BCUT2D eigenvalue weighted by atomic mass is 16.8. The molecule has 5 aliphatic rings. The van der Waals surface area contributed by atoms with E-state index in [-0.39, 0.29) is 0 Å². The molecular formula is C37H62N2O29. The molecule has 5 aliphatic heterocycles. The first-order valence-electron chi connectivity index (χ1n) is 21.2. The van der Waals surface area contributed by atoms with Crippen LogP contribution < -0.4 is 10.6 Å². The van der Waals surface area contributed by atoms with Gasteiger partial charge in [-0.15, -0.1) is 0 Å². The number of aliphatic carboxylic acids is 1. The summed E-state index contributed by atoms with van der Waals surface area (Å²) in [7, 11) is 0. The maximum atomic E-state index is 12.9. The molecule has 394 valence electrons. The Hall–Kier alpha value is -2.59. The van der Waals surface area contributed by atoms with Crippen LogP contribution in [0.2, 0.25) is 0 Å². The van der Waals surface area contributed by atoms with Crippen LogP contribution in [-0.2, 0) is 57.0 Å². The molecule has 0 bridgehead atoms. The number of rotatable bonds is 18. The fraction of sp³-hybridized carbons (Fsp3) is 0.919. The minimum absolute atomic E-state index is 0.803. The monoisotopic (exact) mass is 998 g/mol. The summed E-state index contributed by atoms with van der Waals surface area (Å²) in [5, 5.41) is 184. The van der Waals surface area contributed by atoms with Crippen LogP contribution in [0.15, 0.2) is 0 Å². The molecule has 0 aromatic carbocycles. The lowest BCUT2D eigenvalue weighted by Gasteiger charge is -2.50. The van der Waals surface area contributed by atoms with Crippen LogP contribution >= 0.6 is 0 Å². The van der Waals surface area contributed by atoms with Crippen molar-refractivity contribution in [2.75, 3.05) is 33.0 Å². The number of hydrogen-bond acceptors (Lipinski definition) is 28. The van der Waals surface area contributed by atoms with Crippen LogP contribution in [0.25, 0.3) is 0 Å². The second-order valence-electron chi connectivity index (χ2n) is 16.9. The van der Waals surface area contributed by atoms with Crippen molar-refractivity contribution in [1.29, 1.82) is 0 Å². The van der Waals surface area contributed by atoms with Gasteiger partial charge in [-0.3, -0.25) is 9.59 Å². The molecule has 5 heterocycles. The molecule has 5 fully saturated rings. The SMILES string of the molecule is CC(=O)N[C@H]1[C@H](O[C@H]2[C@@H](O)[C@@H](CO[C@]3(C(=O)O)C[C@H](O)[C@@H](NC(C)=O)[C@H]([C@H](O)[C@H](O)CO)O3)O[C@@H](O[C@H]3[C@H](O)[C@@H](O)C(O)O[C@@H]3CO)[C@@H]2O)O[C@H](CO)[C@@H](O[C@@H]2O[C@H](CO)[C@H](O)[C@H](O)[C@H]2O)[C@@H]1O. The lowest BCUT2D eigenvalue weighted by molar-refractivity contribution is -0.385. The van der Waals surface area contributed by atoms with Crippen molar-refractivity contribution in [3.05, 3.63) is 0 Å². The first kappa shape index (κ1) is 56.3. The molecule has 5 rings (SSSR count). The van der Waals surface area contributed by atoms with Crippen LogP contribution in [-0.4, -0.2) is 297 Å². The highest BCUT2D eigenvalue weighted by Crippen LogP contribution is 2.37. The number of amides is 2. The summed E-state index contributed by atoms with van der Waals surface area (Å²) in [4.78, 5) is 37.4. The maximum absolute atomic E-state index is 12.9. The Kier molecular flexibility index (Phi) is 19.7. The second-order valence-corrected chi connectivity index (χ2v) is 16.9. The van der Waals surface area contributed by atoms with E-state index in [9.17, 15) is 101 Å². The van der Waals surface area contributed by atoms with Gasteiger partial charge in [-0.05, 0) is 0 Å². The number of nitrogens with one attached hydrogen (secondary N) is 2. The molecule has 5 saturated heterocycles. The number of aliphatic hydroxyl groups is 16. The lowest BCUT2D eigenvalue weighted by atomic mass is 9.88.